The number of fused-ring (bicyclic) bond motifs is 1. The maximum Gasteiger partial charge on any atom is 0.323 e. The minimum Gasteiger partial charge on any atom is -0.382 e. The van der Waals surface area contributed by atoms with Crippen LogP contribution in [0.4, 0.5) is 26.4 Å². The van der Waals surface area contributed by atoms with Crippen LogP contribution in [-0.4, -0.2) is 21.2 Å². The molecule has 0 spiro atoms. The average molecular weight is 376 g/mol. The molecular formula is C20H17FN6O. The molecule has 0 saturated heterocycles. The number of aryl methyl sites for hydroxylation is 1. The van der Waals surface area contributed by atoms with Crippen LogP contribution in [0.2, 0.25) is 0 Å². The van der Waals surface area contributed by atoms with Gasteiger partial charge in [0.2, 0.25) is 0 Å². The van der Waals surface area contributed by atoms with E-state index in [9.17, 15) is 9.18 Å². The molecular weight excluding hydrogens is 359 g/mol. The number of hydrogen-bond acceptors (Lipinski definition) is 4. The van der Waals surface area contributed by atoms with Gasteiger partial charge in [0.15, 0.2) is 5.82 Å². The lowest BCUT2D eigenvalue weighted by Gasteiger charge is -2.10. The third-order valence-corrected chi connectivity index (χ3v) is 4.37. The molecule has 0 unspecified atom stereocenters. The van der Waals surface area contributed by atoms with Gasteiger partial charge in [0.1, 0.15) is 5.82 Å². The third-order valence-electron chi connectivity index (χ3n) is 4.37. The van der Waals surface area contributed by atoms with Crippen molar-refractivity contribution in [1.82, 2.24) is 15.2 Å². The van der Waals surface area contributed by atoms with E-state index in [0.717, 1.165) is 22.0 Å². The number of H-pyrrole nitrogens is 1. The van der Waals surface area contributed by atoms with Crippen molar-refractivity contribution in [2.75, 3.05) is 16.4 Å². The molecule has 4 rings (SSSR count). The predicted octanol–water partition coefficient (Wildman–Crippen LogP) is 4.30. The van der Waals surface area contributed by atoms with Crippen LogP contribution in [-0.2, 0) is 0 Å². The van der Waals surface area contributed by atoms with E-state index in [1.807, 2.05) is 12.1 Å². The van der Waals surface area contributed by atoms with E-state index < -0.39 is 11.8 Å². The number of halogens is 1. The summed E-state index contributed by atoms with van der Waals surface area (Å²) in [7, 11) is 0. The summed E-state index contributed by atoms with van der Waals surface area (Å²) >= 11 is 0. The molecule has 5 N–H and O–H groups in total. The van der Waals surface area contributed by atoms with E-state index in [-0.39, 0.29) is 0 Å². The number of rotatable bonds is 3. The zero-order valence-corrected chi connectivity index (χ0v) is 15.0. The smallest absolute Gasteiger partial charge is 0.323 e. The second-order valence-electron chi connectivity index (χ2n) is 6.31. The number of urea groups is 1. The third kappa shape index (κ3) is 3.35. The van der Waals surface area contributed by atoms with E-state index in [2.05, 4.69) is 25.8 Å². The summed E-state index contributed by atoms with van der Waals surface area (Å²) in [6, 6.07) is 12.7. The first-order valence-corrected chi connectivity index (χ1v) is 8.54. The maximum absolute atomic E-state index is 13.4. The summed E-state index contributed by atoms with van der Waals surface area (Å²) in [6.07, 6.45) is 1.68. The summed E-state index contributed by atoms with van der Waals surface area (Å²) in [6.45, 7) is 1.79. The summed E-state index contributed by atoms with van der Waals surface area (Å²) in [4.78, 5) is 16.6. The monoisotopic (exact) mass is 376 g/mol. The number of nitrogens with two attached hydrogens (primary N) is 1. The van der Waals surface area contributed by atoms with Gasteiger partial charge in [-0.05, 0) is 42.8 Å². The van der Waals surface area contributed by atoms with Gasteiger partial charge in [-0.2, -0.15) is 5.10 Å². The van der Waals surface area contributed by atoms with Gasteiger partial charge < -0.3 is 16.4 Å². The average Bonchev–Trinajstić information content (AvgIpc) is 3.07. The predicted molar refractivity (Wildman–Crippen MR) is 108 cm³/mol. The lowest BCUT2D eigenvalue weighted by Crippen LogP contribution is -2.20. The molecule has 2 aromatic carbocycles. The molecule has 2 amide bonds. The Bertz CT molecular complexity index is 1170. The van der Waals surface area contributed by atoms with Crippen LogP contribution in [0.25, 0.3) is 22.2 Å². The number of carbonyl (C=O) groups excluding carboxylic acids is 1. The first-order chi connectivity index (χ1) is 13.5. The molecule has 28 heavy (non-hydrogen) atoms. The lowest BCUT2D eigenvalue weighted by molar-refractivity contribution is 0.262. The second-order valence-corrected chi connectivity index (χ2v) is 6.31. The van der Waals surface area contributed by atoms with Crippen LogP contribution in [0.15, 0.2) is 54.7 Å². The quantitative estimate of drug-likeness (QED) is 0.427. The first kappa shape index (κ1) is 17.5. The van der Waals surface area contributed by atoms with Gasteiger partial charge in [0.05, 0.1) is 16.6 Å². The fourth-order valence-electron chi connectivity index (χ4n) is 2.93. The second kappa shape index (κ2) is 6.99. The van der Waals surface area contributed by atoms with Gasteiger partial charge in [-0.25, -0.2) is 9.18 Å². The standard InChI is InChI=1S/C20H17FN6O/c1-11-2-5-13(21)10-16(11)25-20(28)24-14-6-3-12(4-7-14)18-17-15(8-9-23-18)26-27-19(17)22/h2-10H,1H3,(H3,22,26,27)(H2,24,25,28). The Labute approximate surface area is 159 Å². The van der Waals surface area contributed by atoms with Gasteiger partial charge in [-0.1, -0.05) is 18.2 Å². The van der Waals surface area contributed by atoms with E-state index in [0.29, 0.717) is 22.9 Å². The highest BCUT2D eigenvalue weighted by molar-refractivity contribution is 6.01. The van der Waals surface area contributed by atoms with Crippen molar-refractivity contribution in [2.45, 2.75) is 6.92 Å². The van der Waals surface area contributed by atoms with Crippen molar-refractivity contribution in [1.29, 1.82) is 0 Å². The number of benzene rings is 2. The van der Waals surface area contributed by atoms with Gasteiger partial charge in [0, 0.05) is 23.1 Å². The zero-order valence-electron chi connectivity index (χ0n) is 15.0. The van der Waals surface area contributed by atoms with Crippen LogP contribution in [0, 0.1) is 12.7 Å². The summed E-state index contributed by atoms with van der Waals surface area (Å²) in [5.41, 5.74) is 10.0. The molecule has 0 aliphatic carbocycles. The Kier molecular flexibility index (Phi) is 4.36. The summed E-state index contributed by atoms with van der Waals surface area (Å²) in [5, 5.41) is 13.0. The van der Waals surface area contributed by atoms with Crippen molar-refractivity contribution in [3.8, 4) is 11.3 Å². The molecule has 0 saturated carbocycles. The molecule has 0 aliphatic rings. The highest BCUT2D eigenvalue weighted by Gasteiger charge is 2.11. The highest BCUT2D eigenvalue weighted by Crippen LogP contribution is 2.29. The number of aromatic amines is 1. The van der Waals surface area contributed by atoms with Crippen LogP contribution >= 0.6 is 0 Å². The summed E-state index contributed by atoms with van der Waals surface area (Å²) < 4.78 is 13.4. The lowest BCUT2D eigenvalue weighted by atomic mass is 10.1. The molecule has 0 bridgehead atoms. The summed E-state index contributed by atoms with van der Waals surface area (Å²) in [5.74, 6) is -0.0319. The fraction of sp³-hybridized carbons (Fsp3) is 0.0500. The molecule has 140 valence electrons. The number of aromatic nitrogens is 3. The molecule has 0 aliphatic heterocycles. The molecule has 0 fully saturated rings. The molecule has 7 nitrogen and oxygen atoms in total. The molecule has 0 atom stereocenters. The Morgan fingerprint density at radius 2 is 1.89 bits per heavy atom. The van der Waals surface area contributed by atoms with Crippen molar-refractivity contribution in [3.63, 3.8) is 0 Å². The number of hydrogen-bond donors (Lipinski definition) is 4. The Hall–Kier alpha value is -3.94. The molecule has 2 heterocycles. The van der Waals surface area contributed by atoms with Crippen molar-refractivity contribution < 1.29 is 9.18 Å². The first-order valence-electron chi connectivity index (χ1n) is 8.54. The SMILES string of the molecule is Cc1ccc(F)cc1NC(=O)Nc1ccc(-c2nccc3[nH]nc(N)c23)cc1. The van der Waals surface area contributed by atoms with Crippen molar-refractivity contribution in [3.05, 3.63) is 66.1 Å². The maximum atomic E-state index is 13.4. The number of nitrogen functional groups attached to an aromatic ring is 1. The minimum absolute atomic E-state index is 0.380. The molecule has 0 radical (unpaired) electrons. The van der Waals surface area contributed by atoms with Gasteiger partial charge in [0.25, 0.3) is 0 Å². The molecule has 8 heteroatoms. The number of carbonyl (C=O) groups is 1. The van der Waals surface area contributed by atoms with E-state index in [1.54, 1.807) is 37.4 Å². The number of anilines is 3. The topological polar surface area (TPSA) is 109 Å². The Balaban J connectivity index is 1.52. The number of amides is 2. The van der Waals surface area contributed by atoms with E-state index in [4.69, 9.17) is 5.73 Å². The van der Waals surface area contributed by atoms with E-state index >= 15 is 0 Å². The van der Waals surface area contributed by atoms with Crippen molar-refractivity contribution >= 4 is 34.1 Å². The van der Waals surface area contributed by atoms with E-state index in [1.165, 1.54) is 12.1 Å². The van der Waals surface area contributed by atoms with Crippen LogP contribution < -0.4 is 16.4 Å². The molecule has 2 aromatic heterocycles. The van der Waals surface area contributed by atoms with Gasteiger partial charge in [-0.15, -0.1) is 0 Å². The van der Waals surface area contributed by atoms with Crippen LogP contribution in [0.5, 0.6) is 0 Å². The molecule has 4 aromatic rings. The number of nitrogens with one attached hydrogen (secondary N) is 3. The largest absolute Gasteiger partial charge is 0.382 e. The Morgan fingerprint density at radius 3 is 2.68 bits per heavy atom. The number of nitrogens with zero attached hydrogens (tertiary/aromatic N) is 2. The van der Waals surface area contributed by atoms with Gasteiger partial charge in [-0.3, -0.25) is 10.1 Å². The number of pyridine rings is 1. The zero-order chi connectivity index (χ0) is 19.7. The van der Waals surface area contributed by atoms with Crippen LogP contribution in [0.1, 0.15) is 5.56 Å². The van der Waals surface area contributed by atoms with Crippen LogP contribution in [0.3, 0.4) is 0 Å². The normalized spacial score (nSPS) is 10.8. The minimum atomic E-state index is -0.458. The Morgan fingerprint density at radius 1 is 1.11 bits per heavy atom. The van der Waals surface area contributed by atoms with Gasteiger partial charge >= 0.3 is 6.03 Å². The fourth-order valence-corrected chi connectivity index (χ4v) is 2.93. The highest BCUT2D eigenvalue weighted by atomic mass is 19.1. The van der Waals surface area contributed by atoms with Crippen molar-refractivity contribution in [2.24, 2.45) is 0 Å².